The van der Waals surface area contributed by atoms with Gasteiger partial charge in [0.1, 0.15) is 0 Å². The molecule has 0 atom stereocenters. The minimum Gasteiger partial charge on any atom is -0.395 e. The smallest absolute Gasteiger partial charge is 0.225 e. The highest BCUT2D eigenvalue weighted by atomic mass is 16.3. The molecule has 4 nitrogen and oxygen atoms in total. The molecule has 4 heteroatoms. The first-order valence-corrected chi connectivity index (χ1v) is 7.28. The van der Waals surface area contributed by atoms with Crippen molar-refractivity contribution in [3.63, 3.8) is 0 Å². The molecule has 0 saturated heterocycles. The first-order valence-electron chi connectivity index (χ1n) is 7.28. The number of benzene rings is 1. The van der Waals surface area contributed by atoms with Gasteiger partial charge in [-0.1, -0.05) is 43.2 Å². The van der Waals surface area contributed by atoms with Crippen LogP contribution in [0.5, 0.6) is 0 Å². The Morgan fingerprint density at radius 2 is 1.85 bits per heavy atom. The van der Waals surface area contributed by atoms with Crippen LogP contribution in [0.1, 0.15) is 37.7 Å². The second kappa shape index (κ2) is 6.86. The van der Waals surface area contributed by atoms with Crippen molar-refractivity contribution in [2.45, 2.75) is 44.2 Å². The van der Waals surface area contributed by atoms with Crippen LogP contribution in [0.4, 0.5) is 0 Å². The first kappa shape index (κ1) is 15.0. The molecule has 20 heavy (non-hydrogen) atoms. The average molecular weight is 277 g/mol. The van der Waals surface area contributed by atoms with Crippen LogP contribution in [0, 0.1) is 0 Å². The van der Waals surface area contributed by atoms with E-state index in [1.165, 1.54) is 0 Å². The van der Waals surface area contributed by atoms with E-state index >= 15 is 0 Å². The van der Waals surface area contributed by atoms with E-state index in [1.807, 2.05) is 30.3 Å². The van der Waals surface area contributed by atoms with Crippen molar-refractivity contribution in [1.29, 1.82) is 0 Å². The lowest BCUT2D eigenvalue weighted by molar-refractivity contribution is -0.137. The zero-order valence-electron chi connectivity index (χ0n) is 11.8. The molecule has 0 radical (unpaired) electrons. The Morgan fingerprint density at radius 1 is 1.20 bits per heavy atom. The SMILES string of the molecule is O=C(CC1(O)CCCC1)N(CCO)Cc1ccccc1. The third-order valence-electron chi connectivity index (χ3n) is 3.95. The molecule has 2 rings (SSSR count). The molecule has 0 aliphatic heterocycles. The van der Waals surface area contributed by atoms with Crippen LogP contribution in [-0.2, 0) is 11.3 Å². The Labute approximate surface area is 120 Å². The van der Waals surface area contributed by atoms with Crippen LogP contribution in [0.2, 0.25) is 0 Å². The van der Waals surface area contributed by atoms with Gasteiger partial charge in [0.2, 0.25) is 5.91 Å². The Morgan fingerprint density at radius 3 is 2.45 bits per heavy atom. The molecule has 1 aliphatic rings. The molecule has 1 aliphatic carbocycles. The van der Waals surface area contributed by atoms with Crippen LogP contribution in [0.25, 0.3) is 0 Å². The monoisotopic (exact) mass is 277 g/mol. The quantitative estimate of drug-likeness (QED) is 0.832. The molecule has 1 aromatic rings. The maximum atomic E-state index is 12.4. The first-order chi connectivity index (χ1) is 9.63. The summed E-state index contributed by atoms with van der Waals surface area (Å²) in [6.07, 6.45) is 3.55. The van der Waals surface area contributed by atoms with E-state index in [-0.39, 0.29) is 18.9 Å². The maximum Gasteiger partial charge on any atom is 0.225 e. The van der Waals surface area contributed by atoms with Gasteiger partial charge in [0, 0.05) is 13.1 Å². The molecule has 1 aromatic carbocycles. The highest BCUT2D eigenvalue weighted by Crippen LogP contribution is 2.32. The number of aliphatic hydroxyl groups excluding tert-OH is 1. The molecule has 1 fully saturated rings. The predicted molar refractivity (Wildman–Crippen MR) is 77.0 cm³/mol. The second-order valence-corrected chi connectivity index (χ2v) is 5.63. The Hall–Kier alpha value is -1.39. The van der Waals surface area contributed by atoms with E-state index in [2.05, 4.69) is 0 Å². The molecule has 0 heterocycles. The molecular weight excluding hydrogens is 254 g/mol. The van der Waals surface area contributed by atoms with Gasteiger partial charge in [0.25, 0.3) is 0 Å². The van der Waals surface area contributed by atoms with Gasteiger partial charge >= 0.3 is 0 Å². The topological polar surface area (TPSA) is 60.8 Å². The molecular formula is C16H23NO3. The number of carbonyl (C=O) groups is 1. The average Bonchev–Trinajstić information content (AvgIpc) is 2.86. The van der Waals surface area contributed by atoms with Crippen molar-refractivity contribution in [3.8, 4) is 0 Å². The van der Waals surface area contributed by atoms with E-state index in [0.717, 1.165) is 18.4 Å². The number of aliphatic hydroxyl groups is 2. The van der Waals surface area contributed by atoms with E-state index in [0.29, 0.717) is 25.9 Å². The summed E-state index contributed by atoms with van der Waals surface area (Å²) in [4.78, 5) is 14.0. The van der Waals surface area contributed by atoms with Gasteiger partial charge in [0.05, 0.1) is 18.6 Å². The lowest BCUT2D eigenvalue weighted by atomic mass is 9.97. The fraction of sp³-hybridized carbons (Fsp3) is 0.562. The lowest BCUT2D eigenvalue weighted by Gasteiger charge is -2.27. The van der Waals surface area contributed by atoms with Crippen LogP contribution < -0.4 is 0 Å². The molecule has 2 N–H and O–H groups in total. The van der Waals surface area contributed by atoms with Gasteiger partial charge in [-0.3, -0.25) is 4.79 Å². The minimum atomic E-state index is -0.832. The number of hydrogen-bond acceptors (Lipinski definition) is 3. The van der Waals surface area contributed by atoms with E-state index in [9.17, 15) is 9.90 Å². The number of nitrogens with zero attached hydrogens (tertiary/aromatic N) is 1. The Bertz CT molecular complexity index is 427. The van der Waals surface area contributed by atoms with Crippen LogP contribution in [-0.4, -0.2) is 39.8 Å². The summed E-state index contributed by atoms with van der Waals surface area (Å²) >= 11 is 0. The number of hydrogen-bond donors (Lipinski definition) is 2. The zero-order valence-corrected chi connectivity index (χ0v) is 11.8. The van der Waals surface area contributed by atoms with Crippen LogP contribution >= 0.6 is 0 Å². The predicted octanol–water partition coefficient (Wildman–Crippen LogP) is 1.70. The third-order valence-corrected chi connectivity index (χ3v) is 3.95. The molecule has 1 saturated carbocycles. The summed E-state index contributed by atoms with van der Waals surface area (Å²) in [5, 5.41) is 19.5. The van der Waals surface area contributed by atoms with Gasteiger partial charge in [0.15, 0.2) is 0 Å². The van der Waals surface area contributed by atoms with Crippen molar-refractivity contribution < 1.29 is 15.0 Å². The van der Waals surface area contributed by atoms with E-state index in [1.54, 1.807) is 4.90 Å². The summed E-state index contributed by atoms with van der Waals surface area (Å²) in [6.45, 7) is 0.733. The Kier molecular flexibility index (Phi) is 5.15. The summed E-state index contributed by atoms with van der Waals surface area (Å²) in [6, 6.07) is 9.72. The van der Waals surface area contributed by atoms with Gasteiger partial charge in [-0.05, 0) is 18.4 Å². The molecule has 1 amide bonds. The van der Waals surface area contributed by atoms with Crippen molar-refractivity contribution in [1.82, 2.24) is 4.90 Å². The molecule has 0 aromatic heterocycles. The molecule has 110 valence electrons. The highest BCUT2D eigenvalue weighted by Gasteiger charge is 2.34. The standard InChI is InChI=1S/C16H23NO3/c18-11-10-17(13-14-6-2-1-3-7-14)15(19)12-16(20)8-4-5-9-16/h1-3,6-7,18,20H,4-5,8-13H2. The second-order valence-electron chi connectivity index (χ2n) is 5.63. The number of rotatable bonds is 6. The third kappa shape index (κ3) is 4.05. The van der Waals surface area contributed by atoms with Crippen molar-refractivity contribution >= 4 is 5.91 Å². The van der Waals surface area contributed by atoms with E-state index < -0.39 is 5.60 Å². The van der Waals surface area contributed by atoms with Crippen LogP contribution in [0.15, 0.2) is 30.3 Å². The summed E-state index contributed by atoms with van der Waals surface area (Å²) in [5.74, 6) is -0.0766. The van der Waals surface area contributed by atoms with Gasteiger partial charge in [-0.25, -0.2) is 0 Å². The fourth-order valence-corrected chi connectivity index (χ4v) is 2.82. The van der Waals surface area contributed by atoms with Crippen molar-refractivity contribution in [2.24, 2.45) is 0 Å². The van der Waals surface area contributed by atoms with Crippen LogP contribution in [0.3, 0.4) is 0 Å². The fourth-order valence-electron chi connectivity index (χ4n) is 2.82. The largest absolute Gasteiger partial charge is 0.395 e. The molecule has 0 spiro atoms. The highest BCUT2D eigenvalue weighted by molar-refractivity contribution is 5.77. The van der Waals surface area contributed by atoms with Gasteiger partial charge in [-0.2, -0.15) is 0 Å². The van der Waals surface area contributed by atoms with Gasteiger partial charge in [-0.15, -0.1) is 0 Å². The summed E-state index contributed by atoms with van der Waals surface area (Å²) in [5.41, 5.74) is 0.203. The number of amides is 1. The van der Waals surface area contributed by atoms with Gasteiger partial charge < -0.3 is 15.1 Å². The van der Waals surface area contributed by atoms with E-state index in [4.69, 9.17) is 5.11 Å². The normalized spacial score (nSPS) is 17.1. The zero-order chi connectivity index (χ0) is 14.4. The van der Waals surface area contributed by atoms with Crippen molar-refractivity contribution in [3.05, 3.63) is 35.9 Å². The molecule has 0 bridgehead atoms. The summed E-state index contributed by atoms with van der Waals surface area (Å²) < 4.78 is 0. The Balaban J connectivity index is 1.98. The van der Waals surface area contributed by atoms with Crippen molar-refractivity contribution in [2.75, 3.05) is 13.2 Å². The summed E-state index contributed by atoms with van der Waals surface area (Å²) in [7, 11) is 0. The number of carbonyl (C=O) groups excluding carboxylic acids is 1. The molecule has 0 unspecified atom stereocenters. The maximum absolute atomic E-state index is 12.4. The minimum absolute atomic E-state index is 0.0585. The lowest BCUT2D eigenvalue weighted by Crippen LogP contribution is -2.39.